The van der Waals surface area contributed by atoms with Crippen molar-refractivity contribution in [1.82, 2.24) is 10.1 Å². The van der Waals surface area contributed by atoms with Crippen LogP contribution in [0, 0.1) is 18.6 Å². The number of anilines is 1. The first-order chi connectivity index (χ1) is 12.8. The average Bonchev–Trinajstić information content (AvgIpc) is 3.19. The molecule has 142 valence electrons. The number of nitrogens with one attached hydrogen (secondary N) is 1. The van der Waals surface area contributed by atoms with Crippen molar-refractivity contribution in [2.24, 2.45) is 0 Å². The molecular weight excluding hydrogens is 400 g/mol. The van der Waals surface area contributed by atoms with Crippen LogP contribution in [0.25, 0.3) is 11.5 Å². The van der Waals surface area contributed by atoms with Gasteiger partial charge in [0.1, 0.15) is 5.00 Å². The van der Waals surface area contributed by atoms with Gasteiger partial charge in [0.15, 0.2) is 17.5 Å². The summed E-state index contributed by atoms with van der Waals surface area (Å²) in [4.78, 5) is 4.64. The molecule has 0 amide bonds. The molecule has 11 heteroatoms. The van der Waals surface area contributed by atoms with Crippen molar-refractivity contribution in [3.05, 3.63) is 46.1 Å². The van der Waals surface area contributed by atoms with Crippen molar-refractivity contribution in [3.63, 3.8) is 0 Å². The van der Waals surface area contributed by atoms with Gasteiger partial charge < -0.3 is 9.26 Å². The van der Waals surface area contributed by atoms with Gasteiger partial charge in [0.2, 0.25) is 0 Å². The summed E-state index contributed by atoms with van der Waals surface area (Å²) in [5.41, 5.74) is 1.36. The van der Waals surface area contributed by atoms with Crippen molar-refractivity contribution >= 4 is 26.4 Å². The summed E-state index contributed by atoms with van der Waals surface area (Å²) in [6, 6.07) is 2.39. The van der Waals surface area contributed by atoms with Gasteiger partial charge in [0.25, 0.3) is 15.9 Å². The summed E-state index contributed by atoms with van der Waals surface area (Å²) >= 11 is 1.18. The Labute approximate surface area is 157 Å². The number of hydrogen-bond acceptors (Lipinski definition) is 7. The van der Waals surface area contributed by atoms with E-state index in [1.54, 1.807) is 6.92 Å². The molecule has 0 bridgehead atoms. The number of rotatable bonds is 4. The molecule has 2 aromatic heterocycles. The minimum atomic E-state index is -4.15. The number of sulfonamides is 1. The predicted molar refractivity (Wildman–Crippen MR) is 92.9 cm³/mol. The van der Waals surface area contributed by atoms with Gasteiger partial charge >= 0.3 is 0 Å². The van der Waals surface area contributed by atoms with Gasteiger partial charge in [-0.25, -0.2) is 17.2 Å². The molecule has 1 N–H and O–H groups in total. The molecule has 0 radical (unpaired) electrons. The quantitative estimate of drug-likeness (QED) is 0.706. The van der Waals surface area contributed by atoms with Gasteiger partial charge in [-0.15, -0.1) is 11.3 Å². The number of aryl methyl sites for hydroxylation is 1. The number of benzene rings is 1. The maximum absolute atomic E-state index is 13.5. The van der Waals surface area contributed by atoms with E-state index in [1.165, 1.54) is 11.3 Å². The fraction of sp³-hybridized carbons (Fsp3) is 0.250. The molecule has 0 spiro atoms. The number of thiophene rings is 1. The van der Waals surface area contributed by atoms with E-state index in [9.17, 15) is 17.2 Å². The van der Waals surface area contributed by atoms with E-state index >= 15 is 0 Å². The Kier molecular flexibility index (Phi) is 4.44. The third-order valence-electron chi connectivity index (χ3n) is 3.99. The predicted octanol–water partition coefficient (Wildman–Crippen LogP) is 3.26. The van der Waals surface area contributed by atoms with Gasteiger partial charge in [-0.3, -0.25) is 4.72 Å². The molecule has 4 rings (SSSR count). The highest BCUT2D eigenvalue weighted by molar-refractivity contribution is 7.93. The fourth-order valence-corrected chi connectivity index (χ4v) is 5.25. The van der Waals surface area contributed by atoms with Crippen LogP contribution in [-0.2, 0) is 27.8 Å². The lowest BCUT2D eigenvalue weighted by atomic mass is 10.1. The first kappa shape index (κ1) is 18.0. The fourth-order valence-electron chi connectivity index (χ4n) is 2.75. The molecule has 1 aliphatic rings. The lowest BCUT2D eigenvalue weighted by Crippen LogP contribution is -2.13. The van der Waals surface area contributed by atoms with Crippen molar-refractivity contribution in [3.8, 4) is 11.5 Å². The number of halogens is 2. The zero-order chi connectivity index (χ0) is 19.2. The zero-order valence-corrected chi connectivity index (χ0v) is 15.6. The summed E-state index contributed by atoms with van der Waals surface area (Å²) < 4.78 is 65.0. The molecule has 0 aliphatic carbocycles. The number of fused-ring (bicyclic) bond motifs is 1. The Morgan fingerprint density at radius 1 is 1.26 bits per heavy atom. The smallest absolute Gasteiger partial charge is 0.262 e. The normalized spacial score (nSPS) is 14.2. The van der Waals surface area contributed by atoms with Crippen LogP contribution >= 0.6 is 11.3 Å². The van der Waals surface area contributed by atoms with Gasteiger partial charge in [-0.1, -0.05) is 5.16 Å². The second kappa shape index (κ2) is 6.66. The first-order valence-electron chi connectivity index (χ1n) is 7.86. The summed E-state index contributed by atoms with van der Waals surface area (Å²) in [6.07, 6.45) is 0.565. The Bertz CT molecular complexity index is 1120. The summed E-state index contributed by atoms with van der Waals surface area (Å²) in [6.45, 7) is 2.48. The molecule has 0 saturated carbocycles. The lowest BCUT2D eigenvalue weighted by molar-refractivity contribution is 0.113. The van der Waals surface area contributed by atoms with E-state index in [1.807, 2.05) is 0 Å². The highest BCUT2D eigenvalue weighted by Gasteiger charge is 2.28. The Hall–Kier alpha value is -2.37. The monoisotopic (exact) mass is 413 g/mol. The van der Waals surface area contributed by atoms with Crippen molar-refractivity contribution in [2.45, 2.75) is 24.8 Å². The van der Waals surface area contributed by atoms with Crippen LogP contribution in [0.15, 0.2) is 27.6 Å². The molecule has 0 saturated heterocycles. The molecule has 3 aromatic rings. The number of nitrogens with zero attached hydrogens (tertiary/aromatic N) is 2. The molecular formula is C16H13F2N3O4S2. The van der Waals surface area contributed by atoms with Crippen LogP contribution in [0.3, 0.4) is 0 Å². The van der Waals surface area contributed by atoms with Crippen LogP contribution in [-0.4, -0.2) is 25.2 Å². The Morgan fingerprint density at radius 3 is 2.78 bits per heavy atom. The van der Waals surface area contributed by atoms with E-state index in [2.05, 4.69) is 14.9 Å². The molecule has 0 unspecified atom stereocenters. The van der Waals surface area contributed by atoms with Crippen LogP contribution in [0.5, 0.6) is 0 Å². The van der Waals surface area contributed by atoms with Crippen LogP contribution in [0.4, 0.5) is 13.8 Å². The first-order valence-corrected chi connectivity index (χ1v) is 10.2. The van der Waals surface area contributed by atoms with Crippen LogP contribution in [0.1, 0.15) is 16.3 Å². The van der Waals surface area contributed by atoms with Gasteiger partial charge in [-0.2, -0.15) is 4.98 Å². The van der Waals surface area contributed by atoms with E-state index in [0.29, 0.717) is 37.1 Å². The van der Waals surface area contributed by atoms with Crippen molar-refractivity contribution < 1.29 is 26.5 Å². The zero-order valence-electron chi connectivity index (χ0n) is 14.0. The van der Waals surface area contributed by atoms with E-state index < -0.39 is 26.6 Å². The molecule has 3 heterocycles. The summed E-state index contributed by atoms with van der Waals surface area (Å²) in [5, 5.41) is 4.02. The number of aromatic nitrogens is 2. The highest BCUT2D eigenvalue weighted by Crippen LogP contribution is 2.43. The maximum atomic E-state index is 13.5. The van der Waals surface area contributed by atoms with E-state index in [0.717, 1.165) is 22.6 Å². The molecule has 1 aromatic carbocycles. The van der Waals surface area contributed by atoms with Gasteiger partial charge in [-0.05, 0) is 37.1 Å². The number of ether oxygens (including phenoxy) is 1. The largest absolute Gasteiger partial charge is 0.376 e. The maximum Gasteiger partial charge on any atom is 0.262 e. The van der Waals surface area contributed by atoms with E-state index in [-0.39, 0.29) is 10.9 Å². The average molecular weight is 413 g/mol. The second-order valence-electron chi connectivity index (χ2n) is 5.84. The van der Waals surface area contributed by atoms with Crippen LogP contribution in [0.2, 0.25) is 0 Å². The van der Waals surface area contributed by atoms with Crippen LogP contribution < -0.4 is 4.72 Å². The van der Waals surface area contributed by atoms with E-state index in [4.69, 9.17) is 9.26 Å². The third-order valence-corrected chi connectivity index (χ3v) is 6.59. The lowest BCUT2D eigenvalue weighted by Gasteiger charge is -2.12. The van der Waals surface area contributed by atoms with Gasteiger partial charge in [0.05, 0.1) is 23.7 Å². The minimum absolute atomic E-state index is 0.190. The highest BCUT2D eigenvalue weighted by atomic mass is 32.2. The van der Waals surface area contributed by atoms with Crippen molar-refractivity contribution in [2.75, 3.05) is 11.3 Å². The Morgan fingerprint density at radius 2 is 2.07 bits per heavy atom. The molecule has 0 atom stereocenters. The summed E-state index contributed by atoms with van der Waals surface area (Å²) in [7, 11) is -4.15. The van der Waals surface area contributed by atoms with Crippen molar-refractivity contribution in [1.29, 1.82) is 0 Å². The SMILES string of the molecule is Cc1noc(-c2c(NS(=O)(=O)c3ccc(F)c(F)c3)sc3c2CCOC3)n1. The second-order valence-corrected chi connectivity index (χ2v) is 8.63. The third kappa shape index (κ3) is 3.33. The standard InChI is InChI=1S/C16H13F2N3O4S2/c1-8-19-15(25-20-8)14-10-4-5-24-7-13(10)26-16(14)21-27(22,23)9-2-3-11(17)12(18)6-9/h2-3,6,21H,4-5,7H2,1H3. The summed E-state index contributed by atoms with van der Waals surface area (Å²) in [5.74, 6) is -1.77. The topological polar surface area (TPSA) is 94.3 Å². The molecule has 7 nitrogen and oxygen atoms in total. The molecule has 27 heavy (non-hydrogen) atoms. The minimum Gasteiger partial charge on any atom is -0.376 e. The van der Waals surface area contributed by atoms with Gasteiger partial charge in [0, 0.05) is 4.88 Å². The molecule has 0 fully saturated rings. The number of hydrogen-bond donors (Lipinski definition) is 1. The Balaban J connectivity index is 1.79. The molecule has 1 aliphatic heterocycles.